The standard InChI is InChI=1S/C8H9ClN2/c9-7-4-2-1-3-6(7)8-5-11(8)10/h1-4,8H,5,10H2. The Labute approximate surface area is 70.5 Å². The van der Waals surface area contributed by atoms with Crippen molar-refractivity contribution in [2.24, 2.45) is 5.84 Å². The largest absolute Gasteiger partial charge is 0.268 e. The van der Waals surface area contributed by atoms with Crippen LogP contribution < -0.4 is 5.84 Å². The second-order valence-electron chi connectivity index (χ2n) is 2.73. The highest BCUT2D eigenvalue weighted by Crippen LogP contribution is 2.34. The van der Waals surface area contributed by atoms with Crippen molar-refractivity contribution in [2.45, 2.75) is 6.04 Å². The van der Waals surface area contributed by atoms with Crippen LogP contribution in [0.2, 0.25) is 5.02 Å². The summed E-state index contributed by atoms with van der Waals surface area (Å²) in [7, 11) is 0. The van der Waals surface area contributed by atoms with E-state index in [0.717, 1.165) is 17.1 Å². The van der Waals surface area contributed by atoms with E-state index in [2.05, 4.69) is 0 Å². The molecule has 58 valence electrons. The fraction of sp³-hybridized carbons (Fsp3) is 0.250. The minimum absolute atomic E-state index is 0.351. The molecule has 0 radical (unpaired) electrons. The number of hydrogen-bond acceptors (Lipinski definition) is 2. The number of rotatable bonds is 1. The van der Waals surface area contributed by atoms with Gasteiger partial charge in [-0.05, 0) is 11.6 Å². The van der Waals surface area contributed by atoms with Gasteiger partial charge >= 0.3 is 0 Å². The summed E-state index contributed by atoms with van der Waals surface area (Å²) in [6, 6.07) is 8.16. The van der Waals surface area contributed by atoms with E-state index in [1.54, 1.807) is 5.01 Å². The van der Waals surface area contributed by atoms with Gasteiger partial charge < -0.3 is 0 Å². The van der Waals surface area contributed by atoms with E-state index < -0.39 is 0 Å². The van der Waals surface area contributed by atoms with Crippen LogP contribution in [0.1, 0.15) is 11.6 Å². The highest BCUT2D eigenvalue weighted by Gasteiger charge is 2.33. The molecule has 11 heavy (non-hydrogen) atoms. The Morgan fingerprint density at radius 1 is 1.45 bits per heavy atom. The predicted octanol–water partition coefficient (Wildman–Crippen LogP) is 1.57. The molecule has 2 N–H and O–H groups in total. The average Bonchev–Trinajstić information content (AvgIpc) is 2.68. The highest BCUT2D eigenvalue weighted by molar-refractivity contribution is 6.31. The summed E-state index contributed by atoms with van der Waals surface area (Å²) in [5, 5.41) is 2.58. The molecule has 1 saturated heterocycles. The summed E-state index contributed by atoms with van der Waals surface area (Å²) < 4.78 is 0. The molecule has 1 aromatic rings. The van der Waals surface area contributed by atoms with Gasteiger partial charge in [-0.25, -0.2) is 5.01 Å². The van der Waals surface area contributed by atoms with E-state index in [1.807, 2.05) is 24.3 Å². The van der Waals surface area contributed by atoms with Gasteiger partial charge in [0, 0.05) is 11.6 Å². The molecule has 0 spiro atoms. The lowest BCUT2D eigenvalue weighted by molar-refractivity contribution is 0.548. The first-order chi connectivity index (χ1) is 5.29. The van der Waals surface area contributed by atoms with E-state index in [4.69, 9.17) is 17.4 Å². The molecule has 2 nitrogen and oxygen atoms in total. The van der Waals surface area contributed by atoms with Crippen LogP contribution in [0.4, 0.5) is 0 Å². The first kappa shape index (κ1) is 7.10. The van der Waals surface area contributed by atoms with E-state index in [0.29, 0.717) is 6.04 Å². The maximum absolute atomic E-state index is 5.94. The summed E-state index contributed by atoms with van der Waals surface area (Å²) in [4.78, 5) is 0. The number of halogens is 1. The van der Waals surface area contributed by atoms with Crippen LogP contribution in [0, 0.1) is 0 Å². The molecule has 0 aromatic heterocycles. The number of hydrogen-bond donors (Lipinski definition) is 1. The van der Waals surface area contributed by atoms with Crippen molar-refractivity contribution in [2.75, 3.05) is 6.54 Å². The molecular weight excluding hydrogens is 160 g/mol. The van der Waals surface area contributed by atoms with Crippen LogP contribution in [0.25, 0.3) is 0 Å². The normalized spacial score (nSPS) is 28.5. The SMILES string of the molecule is NN1CC1c1ccccc1Cl. The topological polar surface area (TPSA) is 29.0 Å². The minimum Gasteiger partial charge on any atom is -0.268 e. The lowest BCUT2D eigenvalue weighted by Gasteiger charge is -1.99. The van der Waals surface area contributed by atoms with Gasteiger partial charge in [0.25, 0.3) is 0 Å². The van der Waals surface area contributed by atoms with Crippen LogP contribution in [-0.4, -0.2) is 11.6 Å². The zero-order chi connectivity index (χ0) is 7.84. The van der Waals surface area contributed by atoms with Crippen LogP contribution >= 0.6 is 11.6 Å². The lowest BCUT2D eigenvalue weighted by Crippen LogP contribution is -2.05. The van der Waals surface area contributed by atoms with Crippen molar-refractivity contribution in [3.63, 3.8) is 0 Å². The molecule has 0 bridgehead atoms. The molecule has 2 unspecified atom stereocenters. The smallest absolute Gasteiger partial charge is 0.0647 e. The molecule has 2 atom stereocenters. The number of benzene rings is 1. The third-order valence-electron chi connectivity index (χ3n) is 1.91. The molecule has 0 aliphatic carbocycles. The molecule has 1 heterocycles. The fourth-order valence-corrected chi connectivity index (χ4v) is 1.44. The molecule has 0 saturated carbocycles. The summed E-state index contributed by atoms with van der Waals surface area (Å²) >= 11 is 5.94. The molecular formula is C8H9ClN2. The van der Waals surface area contributed by atoms with Gasteiger partial charge in [0.15, 0.2) is 0 Å². The first-order valence-electron chi connectivity index (χ1n) is 3.55. The number of hydrazine groups is 1. The first-order valence-corrected chi connectivity index (χ1v) is 3.92. The monoisotopic (exact) mass is 168 g/mol. The quantitative estimate of drug-likeness (QED) is 0.510. The van der Waals surface area contributed by atoms with E-state index in [9.17, 15) is 0 Å². The van der Waals surface area contributed by atoms with E-state index in [1.165, 1.54) is 0 Å². The molecule has 1 aliphatic rings. The number of nitrogens with zero attached hydrogens (tertiary/aromatic N) is 1. The van der Waals surface area contributed by atoms with E-state index in [-0.39, 0.29) is 0 Å². The van der Waals surface area contributed by atoms with Crippen LogP contribution in [0.15, 0.2) is 24.3 Å². The van der Waals surface area contributed by atoms with Gasteiger partial charge in [-0.3, -0.25) is 5.84 Å². The Hall–Kier alpha value is -0.570. The molecule has 2 rings (SSSR count). The molecule has 1 aliphatic heterocycles. The van der Waals surface area contributed by atoms with Gasteiger partial charge in [-0.2, -0.15) is 0 Å². The lowest BCUT2D eigenvalue weighted by atomic mass is 10.2. The van der Waals surface area contributed by atoms with Crippen molar-refractivity contribution < 1.29 is 0 Å². The Morgan fingerprint density at radius 3 is 2.64 bits per heavy atom. The third-order valence-corrected chi connectivity index (χ3v) is 2.26. The summed E-state index contributed by atoms with van der Waals surface area (Å²) in [6.07, 6.45) is 0. The third kappa shape index (κ3) is 1.25. The van der Waals surface area contributed by atoms with Gasteiger partial charge in [-0.15, -0.1) is 0 Å². The second kappa shape index (κ2) is 2.48. The van der Waals surface area contributed by atoms with Crippen LogP contribution in [0.5, 0.6) is 0 Å². The fourth-order valence-electron chi connectivity index (χ4n) is 1.17. The van der Waals surface area contributed by atoms with Gasteiger partial charge in [-0.1, -0.05) is 29.8 Å². The average molecular weight is 169 g/mol. The second-order valence-corrected chi connectivity index (χ2v) is 3.14. The maximum atomic E-state index is 5.94. The molecule has 0 amide bonds. The van der Waals surface area contributed by atoms with Crippen LogP contribution in [-0.2, 0) is 0 Å². The zero-order valence-electron chi connectivity index (χ0n) is 6.00. The van der Waals surface area contributed by atoms with Crippen molar-refractivity contribution in [3.05, 3.63) is 34.9 Å². The Kier molecular flexibility index (Phi) is 1.60. The summed E-state index contributed by atoms with van der Waals surface area (Å²) in [5.74, 6) is 5.54. The summed E-state index contributed by atoms with van der Waals surface area (Å²) in [6.45, 7) is 0.920. The Balaban J connectivity index is 2.31. The van der Waals surface area contributed by atoms with Crippen molar-refractivity contribution in [1.29, 1.82) is 0 Å². The van der Waals surface area contributed by atoms with Crippen molar-refractivity contribution >= 4 is 11.6 Å². The van der Waals surface area contributed by atoms with E-state index >= 15 is 0 Å². The van der Waals surface area contributed by atoms with Gasteiger partial charge in [0.2, 0.25) is 0 Å². The van der Waals surface area contributed by atoms with Crippen molar-refractivity contribution in [3.8, 4) is 0 Å². The van der Waals surface area contributed by atoms with Gasteiger partial charge in [0.05, 0.1) is 6.04 Å². The van der Waals surface area contributed by atoms with Crippen molar-refractivity contribution in [1.82, 2.24) is 5.01 Å². The molecule has 3 heteroatoms. The van der Waals surface area contributed by atoms with Crippen LogP contribution in [0.3, 0.4) is 0 Å². The highest BCUT2D eigenvalue weighted by atomic mass is 35.5. The predicted molar refractivity (Wildman–Crippen MR) is 45.1 cm³/mol. The molecule has 1 aromatic carbocycles. The maximum Gasteiger partial charge on any atom is 0.0647 e. The minimum atomic E-state index is 0.351. The molecule has 1 fully saturated rings. The van der Waals surface area contributed by atoms with Gasteiger partial charge in [0.1, 0.15) is 0 Å². The zero-order valence-corrected chi connectivity index (χ0v) is 6.75. The Bertz CT molecular complexity index is 275. The summed E-state index contributed by atoms with van der Waals surface area (Å²) in [5.41, 5.74) is 1.14. The Morgan fingerprint density at radius 2 is 2.09 bits per heavy atom. The number of nitrogens with two attached hydrogens (primary N) is 1.